The predicted octanol–water partition coefficient (Wildman–Crippen LogP) is -0.0190. The van der Waals surface area contributed by atoms with Crippen molar-refractivity contribution in [3.63, 3.8) is 0 Å². The molecule has 0 radical (unpaired) electrons. The minimum absolute atomic E-state index is 0.217. The van der Waals surface area contributed by atoms with Crippen molar-refractivity contribution in [3.05, 3.63) is 28.2 Å². The molecule has 0 atom stereocenters. The Kier molecular flexibility index (Phi) is 3.62. The van der Waals surface area contributed by atoms with Gasteiger partial charge in [-0.3, -0.25) is 9.59 Å². The lowest BCUT2D eigenvalue weighted by atomic mass is 10.2. The Balaban J connectivity index is 2.95. The van der Waals surface area contributed by atoms with Crippen molar-refractivity contribution in [3.8, 4) is 0 Å². The summed E-state index contributed by atoms with van der Waals surface area (Å²) in [6.07, 6.45) is 1.93. The predicted molar refractivity (Wildman–Crippen MR) is 58.7 cm³/mol. The molecule has 5 nitrogen and oxygen atoms in total. The number of pyridine rings is 1. The first kappa shape index (κ1) is 11.5. The number of hydrogen-bond acceptors (Lipinski definition) is 3. The van der Waals surface area contributed by atoms with Gasteiger partial charge in [0.2, 0.25) is 5.91 Å². The van der Waals surface area contributed by atoms with Crippen molar-refractivity contribution in [2.24, 2.45) is 12.8 Å². The van der Waals surface area contributed by atoms with Crippen LogP contribution in [0.5, 0.6) is 0 Å². The molecule has 0 aliphatic rings. The van der Waals surface area contributed by atoms with E-state index in [2.05, 4.69) is 5.32 Å². The molecule has 5 heteroatoms. The van der Waals surface area contributed by atoms with Crippen molar-refractivity contribution in [2.45, 2.75) is 13.3 Å². The van der Waals surface area contributed by atoms with Crippen LogP contribution in [0.15, 0.2) is 17.1 Å². The first-order chi connectivity index (χ1) is 7.04. The van der Waals surface area contributed by atoms with Gasteiger partial charge in [0.1, 0.15) is 5.69 Å². The fraction of sp³-hybridized carbons (Fsp3) is 0.400. The quantitative estimate of drug-likeness (QED) is 0.734. The molecular weight excluding hydrogens is 194 g/mol. The Bertz CT molecular complexity index is 423. The van der Waals surface area contributed by atoms with E-state index in [9.17, 15) is 9.59 Å². The maximum absolute atomic E-state index is 11.6. The summed E-state index contributed by atoms with van der Waals surface area (Å²) in [6, 6.07) is 1.65. The third-order valence-electron chi connectivity index (χ3n) is 1.97. The van der Waals surface area contributed by atoms with Crippen LogP contribution in [-0.2, 0) is 11.8 Å². The van der Waals surface area contributed by atoms with E-state index in [0.717, 1.165) is 5.56 Å². The lowest BCUT2D eigenvalue weighted by Gasteiger charge is -2.06. The number of aryl methyl sites for hydroxylation is 2. The molecule has 3 N–H and O–H groups in total. The first-order valence-corrected chi connectivity index (χ1v) is 4.72. The van der Waals surface area contributed by atoms with Crippen molar-refractivity contribution < 1.29 is 4.79 Å². The van der Waals surface area contributed by atoms with Gasteiger partial charge in [0.15, 0.2) is 0 Å². The summed E-state index contributed by atoms with van der Waals surface area (Å²) in [5, 5.41) is 2.54. The fourth-order valence-electron chi connectivity index (χ4n) is 1.31. The standard InChI is InChI=1S/C10H15N3O2/c1-7-5-8(10(15)13(2)6-7)12-9(14)3-4-11/h5-6H,3-4,11H2,1-2H3,(H,12,14). The first-order valence-electron chi connectivity index (χ1n) is 4.72. The van der Waals surface area contributed by atoms with E-state index < -0.39 is 0 Å². The molecule has 0 spiro atoms. The Hall–Kier alpha value is -1.62. The van der Waals surface area contributed by atoms with Crippen LogP contribution < -0.4 is 16.6 Å². The van der Waals surface area contributed by atoms with Crippen molar-refractivity contribution in [1.29, 1.82) is 0 Å². The SMILES string of the molecule is Cc1cc(NC(=O)CCN)c(=O)n(C)c1. The summed E-state index contributed by atoms with van der Waals surface area (Å²) < 4.78 is 1.44. The molecule has 0 saturated carbocycles. The smallest absolute Gasteiger partial charge is 0.274 e. The van der Waals surface area contributed by atoms with E-state index in [1.807, 2.05) is 6.92 Å². The zero-order chi connectivity index (χ0) is 11.4. The highest BCUT2D eigenvalue weighted by Gasteiger charge is 2.06. The molecule has 0 saturated heterocycles. The number of amides is 1. The highest BCUT2D eigenvalue weighted by atomic mass is 16.2. The monoisotopic (exact) mass is 209 g/mol. The number of carbonyl (C=O) groups excluding carboxylic acids is 1. The molecule has 15 heavy (non-hydrogen) atoms. The van der Waals surface area contributed by atoms with E-state index in [1.165, 1.54) is 4.57 Å². The fourth-order valence-corrected chi connectivity index (χ4v) is 1.31. The summed E-state index contributed by atoms with van der Waals surface area (Å²) in [5.41, 5.74) is 6.24. The molecule has 0 unspecified atom stereocenters. The minimum atomic E-state index is -0.236. The van der Waals surface area contributed by atoms with E-state index in [0.29, 0.717) is 5.69 Å². The number of hydrogen-bond donors (Lipinski definition) is 2. The highest BCUT2D eigenvalue weighted by molar-refractivity contribution is 5.90. The van der Waals surface area contributed by atoms with Crippen molar-refractivity contribution in [1.82, 2.24) is 4.57 Å². The number of nitrogens with zero attached hydrogens (tertiary/aromatic N) is 1. The molecule has 0 bridgehead atoms. The molecule has 1 amide bonds. The molecular formula is C10H15N3O2. The largest absolute Gasteiger partial charge is 0.330 e. The topological polar surface area (TPSA) is 77.1 Å². The van der Waals surface area contributed by atoms with Crippen LogP contribution in [0.1, 0.15) is 12.0 Å². The number of carbonyl (C=O) groups is 1. The summed E-state index contributed by atoms with van der Waals surface area (Å²) in [6.45, 7) is 2.13. The molecule has 0 aliphatic heterocycles. The Morgan fingerprint density at radius 1 is 1.60 bits per heavy atom. The van der Waals surface area contributed by atoms with Crippen LogP contribution in [0.2, 0.25) is 0 Å². The van der Waals surface area contributed by atoms with Crippen LogP contribution in [0.25, 0.3) is 0 Å². The average Bonchev–Trinajstić information content (AvgIpc) is 2.13. The van der Waals surface area contributed by atoms with Gasteiger partial charge in [-0.1, -0.05) is 0 Å². The molecule has 0 aliphatic carbocycles. The second-order valence-corrected chi connectivity index (χ2v) is 3.43. The van der Waals surface area contributed by atoms with Gasteiger partial charge in [0, 0.05) is 26.2 Å². The molecule has 1 heterocycles. The maximum Gasteiger partial charge on any atom is 0.274 e. The molecule has 1 aromatic rings. The third kappa shape index (κ3) is 2.92. The van der Waals surface area contributed by atoms with Gasteiger partial charge in [0.05, 0.1) is 0 Å². The van der Waals surface area contributed by atoms with Crippen LogP contribution in [0.3, 0.4) is 0 Å². The Labute approximate surface area is 87.9 Å². The van der Waals surface area contributed by atoms with Crippen LogP contribution >= 0.6 is 0 Å². The van der Waals surface area contributed by atoms with Crippen LogP contribution in [-0.4, -0.2) is 17.0 Å². The Morgan fingerprint density at radius 3 is 2.87 bits per heavy atom. The summed E-state index contributed by atoms with van der Waals surface area (Å²) in [4.78, 5) is 22.8. The average molecular weight is 209 g/mol. The van der Waals surface area contributed by atoms with E-state index in [-0.39, 0.29) is 24.4 Å². The second-order valence-electron chi connectivity index (χ2n) is 3.43. The molecule has 1 rings (SSSR count). The summed E-state index contributed by atoms with van der Waals surface area (Å²) >= 11 is 0. The maximum atomic E-state index is 11.6. The molecule has 0 fully saturated rings. The number of aromatic nitrogens is 1. The number of nitrogens with one attached hydrogen (secondary N) is 1. The van der Waals surface area contributed by atoms with E-state index in [4.69, 9.17) is 5.73 Å². The second kappa shape index (κ2) is 4.75. The van der Waals surface area contributed by atoms with Crippen molar-refractivity contribution >= 4 is 11.6 Å². The van der Waals surface area contributed by atoms with E-state index >= 15 is 0 Å². The van der Waals surface area contributed by atoms with Gasteiger partial charge in [-0.05, 0) is 18.6 Å². The highest BCUT2D eigenvalue weighted by Crippen LogP contribution is 2.03. The number of rotatable bonds is 3. The lowest BCUT2D eigenvalue weighted by molar-refractivity contribution is -0.116. The zero-order valence-corrected chi connectivity index (χ0v) is 8.91. The molecule has 82 valence electrons. The van der Waals surface area contributed by atoms with Crippen LogP contribution in [0.4, 0.5) is 5.69 Å². The lowest BCUT2D eigenvalue weighted by Crippen LogP contribution is -2.25. The van der Waals surface area contributed by atoms with Gasteiger partial charge >= 0.3 is 0 Å². The molecule has 1 aromatic heterocycles. The minimum Gasteiger partial charge on any atom is -0.330 e. The third-order valence-corrected chi connectivity index (χ3v) is 1.97. The van der Waals surface area contributed by atoms with Gasteiger partial charge in [-0.15, -0.1) is 0 Å². The normalized spacial score (nSPS) is 10.1. The number of nitrogens with two attached hydrogens (primary N) is 1. The molecule has 0 aromatic carbocycles. The summed E-state index contributed by atoms with van der Waals surface area (Å²) in [7, 11) is 1.65. The Morgan fingerprint density at radius 2 is 2.27 bits per heavy atom. The van der Waals surface area contributed by atoms with Gasteiger partial charge in [-0.25, -0.2) is 0 Å². The zero-order valence-electron chi connectivity index (χ0n) is 8.91. The number of anilines is 1. The van der Waals surface area contributed by atoms with Crippen molar-refractivity contribution in [2.75, 3.05) is 11.9 Å². The summed E-state index contributed by atoms with van der Waals surface area (Å²) in [5.74, 6) is -0.236. The van der Waals surface area contributed by atoms with Gasteiger partial charge < -0.3 is 15.6 Å². The van der Waals surface area contributed by atoms with Gasteiger partial charge in [-0.2, -0.15) is 0 Å². The van der Waals surface area contributed by atoms with Gasteiger partial charge in [0.25, 0.3) is 5.56 Å². The van der Waals surface area contributed by atoms with E-state index in [1.54, 1.807) is 19.3 Å². The van der Waals surface area contributed by atoms with Crippen LogP contribution in [0, 0.1) is 6.92 Å².